The molecular formula is C18H19N5O. The SMILES string of the molecule is Cc1cc(NC(=O)Nc2ccc(N(C)C)cc2)c2ncccc2n1. The maximum atomic E-state index is 12.3. The lowest BCUT2D eigenvalue weighted by Gasteiger charge is -2.13. The van der Waals surface area contributed by atoms with Crippen LogP contribution in [0.5, 0.6) is 0 Å². The van der Waals surface area contributed by atoms with Gasteiger partial charge in [-0.25, -0.2) is 4.79 Å². The molecule has 0 aliphatic heterocycles. The predicted octanol–water partition coefficient (Wildman–Crippen LogP) is 3.65. The number of pyridine rings is 2. The molecule has 0 atom stereocenters. The zero-order valence-corrected chi connectivity index (χ0v) is 13.9. The number of aromatic nitrogens is 2. The highest BCUT2D eigenvalue weighted by Gasteiger charge is 2.09. The minimum absolute atomic E-state index is 0.315. The molecule has 6 nitrogen and oxygen atoms in total. The van der Waals surface area contributed by atoms with E-state index < -0.39 is 0 Å². The van der Waals surface area contributed by atoms with Crippen LogP contribution in [0.2, 0.25) is 0 Å². The average Bonchev–Trinajstić information content (AvgIpc) is 2.55. The van der Waals surface area contributed by atoms with E-state index in [1.807, 2.05) is 68.4 Å². The third-order valence-electron chi connectivity index (χ3n) is 3.58. The molecule has 6 heteroatoms. The van der Waals surface area contributed by atoms with Crippen molar-refractivity contribution in [2.45, 2.75) is 6.92 Å². The van der Waals surface area contributed by atoms with Crippen LogP contribution in [0.25, 0.3) is 11.0 Å². The number of nitrogens with zero attached hydrogens (tertiary/aromatic N) is 3. The summed E-state index contributed by atoms with van der Waals surface area (Å²) in [4.78, 5) is 23.0. The largest absolute Gasteiger partial charge is 0.378 e. The Hall–Kier alpha value is -3.15. The zero-order chi connectivity index (χ0) is 17.1. The van der Waals surface area contributed by atoms with Gasteiger partial charge >= 0.3 is 6.03 Å². The van der Waals surface area contributed by atoms with Gasteiger partial charge in [0.15, 0.2) is 0 Å². The average molecular weight is 321 g/mol. The van der Waals surface area contributed by atoms with Crippen molar-refractivity contribution in [1.29, 1.82) is 0 Å². The van der Waals surface area contributed by atoms with Crippen molar-refractivity contribution in [1.82, 2.24) is 9.97 Å². The quantitative estimate of drug-likeness (QED) is 0.772. The second kappa shape index (κ2) is 6.54. The zero-order valence-electron chi connectivity index (χ0n) is 13.9. The van der Waals surface area contributed by atoms with Gasteiger partial charge in [0.1, 0.15) is 5.52 Å². The van der Waals surface area contributed by atoms with Crippen LogP contribution in [0.3, 0.4) is 0 Å². The second-order valence-corrected chi connectivity index (χ2v) is 5.70. The lowest BCUT2D eigenvalue weighted by molar-refractivity contribution is 0.262. The Morgan fingerprint density at radius 1 is 1.08 bits per heavy atom. The van der Waals surface area contributed by atoms with E-state index in [-0.39, 0.29) is 6.03 Å². The van der Waals surface area contributed by atoms with Crippen LogP contribution in [0.1, 0.15) is 5.69 Å². The molecule has 0 aliphatic carbocycles. The summed E-state index contributed by atoms with van der Waals surface area (Å²) in [5.74, 6) is 0. The Morgan fingerprint density at radius 2 is 1.83 bits per heavy atom. The van der Waals surface area contributed by atoms with Crippen LogP contribution >= 0.6 is 0 Å². The number of nitrogens with one attached hydrogen (secondary N) is 2. The maximum absolute atomic E-state index is 12.3. The molecule has 2 N–H and O–H groups in total. The Labute approximate surface area is 140 Å². The van der Waals surface area contributed by atoms with Gasteiger partial charge in [0.05, 0.1) is 11.2 Å². The van der Waals surface area contributed by atoms with E-state index in [2.05, 4.69) is 20.6 Å². The minimum atomic E-state index is -0.315. The molecule has 2 amide bonds. The Kier molecular flexibility index (Phi) is 4.29. The first-order valence-electron chi connectivity index (χ1n) is 7.61. The third-order valence-corrected chi connectivity index (χ3v) is 3.58. The van der Waals surface area contributed by atoms with Crippen molar-refractivity contribution < 1.29 is 4.79 Å². The van der Waals surface area contributed by atoms with Crippen LogP contribution < -0.4 is 15.5 Å². The highest BCUT2D eigenvalue weighted by molar-refractivity contribution is 6.04. The van der Waals surface area contributed by atoms with Gasteiger partial charge < -0.3 is 15.5 Å². The van der Waals surface area contributed by atoms with Gasteiger partial charge in [0.25, 0.3) is 0 Å². The number of hydrogen-bond donors (Lipinski definition) is 2. The van der Waals surface area contributed by atoms with Gasteiger partial charge in [0.2, 0.25) is 0 Å². The fraction of sp³-hybridized carbons (Fsp3) is 0.167. The van der Waals surface area contributed by atoms with Crippen LogP contribution in [0.4, 0.5) is 21.9 Å². The third kappa shape index (κ3) is 3.43. The fourth-order valence-corrected chi connectivity index (χ4v) is 2.42. The number of anilines is 3. The summed E-state index contributed by atoms with van der Waals surface area (Å²) in [5.41, 5.74) is 4.67. The molecule has 24 heavy (non-hydrogen) atoms. The highest BCUT2D eigenvalue weighted by Crippen LogP contribution is 2.21. The molecule has 3 aromatic rings. The summed E-state index contributed by atoms with van der Waals surface area (Å²) < 4.78 is 0. The van der Waals surface area contributed by atoms with Crippen LogP contribution in [0.15, 0.2) is 48.7 Å². The molecule has 0 saturated heterocycles. The van der Waals surface area contributed by atoms with E-state index in [9.17, 15) is 4.79 Å². The van der Waals surface area contributed by atoms with E-state index in [4.69, 9.17) is 0 Å². The van der Waals surface area contributed by atoms with Crippen molar-refractivity contribution in [3.8, 4) is 0 Å². The van der Waals surface area contributed by atoms with Crippen LogP contribution in [-0.4, -0.2) is 30.1 Å². The number of fused-ring (bicyclic) bond motifs is 1. The van der Waals surface area contributed by atoms with Crippen molar-refractivity contribution in [2.75, 3.05) is 29.6 Å². The number of carbonyl (C=O) groups excluding carboxylic acids is 1. The molecule has 0 unspecified atom stereocenters. The lowest BCUT2D eigenvalue weighted by atomic mass is 10.2. The summed E-state index contributed by atoms with van der Waals surface area (Å²) in [6, 6.07) is 12.8. The number of rotatable bonds is 3. The van der Waals surface area contributed by atoms with Gasteiger partial charge in [-0.15, -0.1) is 0 Å². The van der Waals surface area contributed by atoms with E-state index >= 15 is 0 Å². The summed E-state index contributed by atoms with van der Waals surface area (Å²) in [6.45, 7) is 1.88. The monoisotopic (exact) mass is 321 g/mol. The molecule has 2 heterocycles. The molecule has 0 spiro atoms. The summed E-state index contributed by atoms with van der Waals surface area (Å²) in [7, 11) is 3.94. The van der Waals surface area contributed by atoms with E-state index in [0.29, 0.717) is 11.2 Å². The molecule has 2 aromatic heterocycles. The van der Waals surface area contributed by atoms with E-state index in [0.717, 1.165) is 22.6 Å². The van der Waals surface area contributed by atoms with Crippen molar-refractivity contribution in [2.24, 2.45) is 0 Å². The van der Waals surface area contributed by atoms with Gasteiger partial charge in [-0.1, -0.05) is 0 Å². The van der Waals surface area contributed by atoms with Gasteiger partial charge in [0, 0.05) is 37.4 Å². The molecule has 0 saturated carbocycles. The molecular weight excluding hydrogens is 302 g/mol. The van der Waals surface area contributed by atoms with Crippen molar-refractivity contribution >= 4 is 34.1 Å². The number of hydrogen-bond acceptors (Lipinski definition) is 4. The molecule has 0 bridgehead atoms. The second-order valence-electron chi connectivity index (χ2n) is 5.70. The first-order chi connectivity index (χ1) is 11.5. The minimum Gasteiger partial charge on any atom is -0.378 e. The number of amides is 2. The lowest BCUT2D eigenvalue weighted by Crippen LogP contribution is -2.20. The molecule has 1 aromatic carbocycles. The van der Waals surface area contributed by atoms with Gasteiger partial charge in [-0.3, -0.25) is 9.97 Å². The van der Waals surface area contributed by atoms with E-state index in [1.54, 1.807) is 6.20 Å². The number of benzene rings is 1. The molecule has 3 rings (SSSR count). The first kappa shape index (κ1) is 15.7. The Morgan fingerprint density at radius 3 is 2.54 bits per heavy atom. The highest BCUT2D eigenvalue weighted by atomic mass is 16.2. The molecule has 122 valence electrons. The molecule has 0 radical (unpaired) electrons. The maximum Gasteiger partial charge on any atom is 0.323 e. The summed E-state index contributed by atoms with van der Waals surface area (Å²) >= 11 is 0. The van der Waals surface area contributed by atoms with Crippen molar-refractivity contribution in [3.63, 3.8) is 0 Å². The summed E-state index contributed by atoms with van der Waals surface area (Å²) in [6.07, 6.45) is 1.68. The van der Waals surface area contributed by atoms with Gasteiger partial charge in [-0.2, -0.15) is 0 Å². The molecule has 0 aliphatic rings. The normalized spacial score (nSPS) is 10.5. The fourth-order valence-electron chi connectivity index (χ4n) is 2.42. The standard InChI is InChI=1S/C18H19N5O/c1-12-11-16(17-15(20-12)5-4-10-19-17)22-18(24)21-13-6-8-14(9-7-13)23(2)3/h4-11H,1-3H3,(H2,20,21,22,24). The molecule has 0 fully saturated rings. The topological polar surface area (TPSA) is 70.2 Å². The van der Waals surface area contributed by atoms with E-state index in [1.165, 1.54) is 0 Å². The predicted molar refractivity (Wildman–Crippen MR) is 97.7 cm³/mol. The number of aryl methyl sites for hydroxylation is 1. The smallest absolute Gasteiger partial charge is 0.323 e. The summed E-state index contributed by atoms with van der Waals surface area (Å²) in [5, 5.41) is 5.67. The number of carbonyl (C=O) groups is 1. The Balaban J connectivity index is 1.78. The first-order valence-corrected chi connectivity index (χ1v) is 7.61. The number of urea groups is 1. The van der Waals surface area contributed by atoms with Crippen LogP contribution in [-0.2, 0) is 0 Å². The Bertz CT molecular complexity index is 874. The van der Waals surface area contributed by atoms with Gasteiger partial charge in [-0.05, 0) is 49.4 Å². The van der Waals surface area contributed by atoms with Crippen LogP contribution in [0, 0.1) is 6.92 Å². The van der Waals surface area contributed by atoms with Crippen molar-refractivity contribution in [3.05, 3.63) is 54.4 Å².